The van der Waals surface area contributed by atoms with Gasteiger partial charge in [-0.25, -0.2) is 0 Å². The molecule has 0 aromatic heterocycles. The van der Waals surface area contributed by atoms with Gasteiger partial charge < -0.3 is 0 Å². The largest absolute Gasteiger partial charge is 0.300 e. The first kappa shape index (κ1) is 15.8. The molecule has 0 aromatic carbocycles. The van der Waals surface area contributed by atoms with E-state index in [1.807, 2.05) is 0 Å². The van der Waals surface area contributed by atoms with Gasteiger partial charge in [0, 0.05) is 5.92 Å². The van der Waals surface area contributed by atoms with E-state index in [4.69, 9.17) is 0 Å². The van der Waals surface area contributed by atoms with Crippen molar-refractivity contribution in [2.75, 3.05) is 0 Å². The molecule has 0 N–H and O–H groups in total. The Bertz CT molecular complexity index is 536. The Morgan fingerprint density at radius 2 is 1.91 bits per heavy atom. The molecular weight excluding hydrogens is 268 g/mol. The van der Waals surface area contributed by atoms with Gasteiger partial charge in [-0.15, -0.1) is 0 Å². The Morgan fingerprint density at radius 1 is 1.14 bits per heavy atom. The number of Topliss-reactive ketones (excluding diaryl/α,β-unsaturated/α-hetero) is 1. The molecule has 0 heterocycles. The van der Waals surface area contributed by atoms with Crippen molar-refractivity contribution in [2.45, 2.75) is 71.6 Å². The molecule has 1 heteroatoms. The van der Waals surface area contributed by atoms with Crippen LogP contribution in [-0.4, -0.2) is 5.78 Å². The van der Waals surface area contributed by atoms with Crippen LogP contribution in [0.25, 0.3) is 0 Å². The van der Waals surface area contributed by atoms with Crippen LogP contribution in [0.5, 0.6) is 0 Å². The fraction of sp³-hybridized carbons (Fsp3) is 0.667. The summed E-state index contributed by atoms with van der Waals surface area (Å²) in [6.07, 6.45) is 15.7. The molecule has 3 aliphatic rings. The molecule has 0 aromatic rings. The summed E-state index contributed by atoms with van der Waals surface area (Å²) in [4.78, 5) is 12.0. The number of fused-ring (bicyclic) bond motifs is 1. The van der Waals surface area contributed by atoms with Crippen LogP contribution in [0.1, 0.15) is 71.6 Å². The summed E-state index contributed by atoms with van der Waals surface area (Å²) in [6.45, 7) is 8.40. The second-order valence-corrected chi connectivity index (χ2v) is 7.90. The number of rotatable bonds is 2. The van der Waals surface area contributed by atoms with Crippen molar-refractivity contribution in [3.8, 4) is 0 Å². The number of carbonyl (C=O) groups is 1. The van der Waals surface area contributed by atoms with Crippen LogP contribution in [0.4, 0.5) is 0 Å². The van der Waals surface area contributed by atoms with Gasteiger partial charge in [-0.2, -0.15) is 0 Å². The van der Waals surface area contributed by atoms with Gasteiger partial charge in [-0.3, -0.25) is 4.79 Å². The van der Waals surface area contributed by atoms with E-state index in [2.05, 4.69) is 25.7 Å². The van der Waals surface area contributed by atoms with Crippen LogP contribution < -0.4 is 0 Å². The average molecular weight is 298 g/mol. The van der Waals surface area contributed by atoms with Gasteiger partial charge >= 0.3 is 0 Å². The Morgan fingerprint density at radius 3 is 2.64 bits per heavy atom. The maximum atomic E-state index is 12.0. The van der Waals surface area contributed by atoms with Gasteiger partial charge in [-0.1, -0.05) is 36.8 Å². The Kier molecular flexibility index (Phi) is 4.43. The third-order valence-electron chi connectivity index (χ3n) is 6.58. The number of allylic oxidation sites excluding steroid dienone is 5. The molecule has 3 atom stereocenters. The van der Waals surface area contributed by atoms with Crippen molar-refractivity contribution in [2.24, 2.45) is 17.3 Å². The molecule has 2 unspecified atom stereocenters. The van der Waals surface area contributed by atoms with Crippen molar-refractivity contribution in [3.05, 3.63) is 35.5 Å². The van der Waals surface area contributed by atoms with Crippen LogP contribution in [0.2, 0.25) is 0 Å². The molecule has 0 spiro atoms. The molecule has 120 valence electrons. The molecule has 0 radical (unpaired) electrons. The maximum absolute atomic E-state index is 12.0. The molecule has 0 amide bonds. The van der Waals surface area contributed by atoms with Crippen molar-refractivity contribution >= 4 is 5.78 Å². The fourth-order valence-electron chi connectivity index (χ4n) is 5.31. The summed E-state index contributed by atoms with van der Waals surface area (Å²) in [6, 6.07) is 0. The normalized spacial score (nSPS) is 39.3. The summed E-state index contributed by atoms with van der Waals surface area (Å²) in [5, 5.41) is 0. The van der Waals surface area contributed by atoms with E-state index >= 15 is 0 Å². The molecule has 0 bridgehead atoms. The highest BCUT2D eigenvalue weighted by Crippen LogP contribution is 2.57. The molecule has 0 aliphatic heterocycles. The van der Waals surface area contributed by atoms with Crippen LogP contribution in [-0.2, 0) is 4.79 Å². The first-order chi connectivity index (χ1) is 10.5. The third-order valence-corrected chi connectivity index (χ3v) is 6.58. The van der Waals surface area contributed by atoms with E-state index in [1.54, 1.807) is 12.5 Å². The smallest absolute Gasteiger partial charge is 0.133 e. The monoisotopic (exact) mass is 298 g/mol. The van der Waals surface area contributed by atoms with E-state index < -0.39 is 0 Å². The second kappa shape index (κ2) is 6.18. The Labute approximate surface area is 135 Å². The van der Waals surface area contributed by atoms with Crippen molar-refractivity contribution in [1.82, 2.24) is 0 Å². The van der Waals surface area contributed by atoms with Crippen molar-refractivity contribution < 1.29 is 4.79 Å². The summed E-state index contributed by atoms with van der Waals surface area (Å²) in [5.41, 5.74) is 4.63. The van der Waals surface area contributed by atoms with E-state index in [9.17, 15) is 4.79 Å². The van der Waals surface area contributed by atoms with E-state index in [0.717, 1.165) is 6.42 Å². The Hall–Kier alpha value is -1.11. The van der Waals surface area contributed by atoms with Gasteiger partial charge in [0.05, 0.1) is 0 Å². The summed E-state index contributed by atoms with van der Waals surface area (Å²) < 4.78 is 0. The molecular formula is C21H30O. The standard InChI is InChI=1S/C21H30O/c1-15-7-4-5-8-17(15)10-11-18-9-6-14-21(3)19(16(2)22)12-13-20(18)21/h10-11,19-20H,1,4-9,12-14H2,2-3H3/b17-10-,18-11+/t19?,20?,21-/m1/s1. The second-order valence-electron chi connectivity index (χ2n) is 7.90. The van der Waals surface area contributed by atoms with Crippen molar-refractivity contribution in [1.29, 1.82) is 0 Å². The highest BCUT2D eigenvalue weighted by atomic mass is 16.1. The molecule has 3 saturated carbocycles. The first-order valence-electron chi connectivity index (χ1n) is 9.10. The van der Waals surface area contributed by atoms with E-state index in [1.165, 1.54) is 62.5 Å². The zero-order chi connectivity index (χ0) is 15.7. The number of hydrogen-bond acceptors (Lipinski definition) is 1. The number of carbonyl (C=O) groups excluding carboxylic acids is 1. The summed E-state index contributed by atoms with van der Waals surface area (Å²) >= 11 is 0. The third kappa shape index (κ3) is 2.75. The maximum Gasteiger partial charge on any atom is 0.133 e. The first-order valence-corrected chi connectivity index (χ1v) is 9.10. The topological polar surface area (TPSA) is 17.1 Å². The molecule has 0 saturated heterocycles. The molecule has 3 fully saturated rings. The predicted octanol–water partition coefficient (Wildman–Crippen LogP) is 5.77. The molecule has 1 nitrogen and oxygen atoms in total. The summed E-state index contributed by atoms with van der Waals surface area (Å²) in [7, 11) is 0. The molecule has 22 heavy (non-hydrogen) atoms. The molecule has 3 rings (SSSR count). The van der Waals surface area contributed by atoms with Gasteiger partial charge in [0.1, 0.15) is 5.78 Å². The lowest BCUT2D eigenvalue weighted by Gasteiger charge is -2.41. The minimum Gasteiger partial charge on any atom is -0.300 e. The lowest BCUT2D eigenvalue weighted by molar-refractivity contribution is -0.124. The molecule has 3 aliphatic carbocycles. The van der Waals surface area contributed by atoms with Crippen LogP contribution >= 0.6 is 0 Å². The van der Waals surface area contributed by atoms with Gasteiger partial charge in [0.15, 0.2) is 0 Å². The van der Waals surface area contributed by atoms with Crippen LogP contribution in [0.3, 0.4) is 0 Å². The lowest BCUT2D eigenvalue weighted by Crippen LogP contribution is -2.36. The van der Waals surface area contributed by atoms with Gasteiger partial charge in [0.25, 0.3) is 0 Å². The Balaban J connectivity index is 1.83. The van der Waals surface area contributed by atoms with Crippen molar-refractivity contribution in [3.63, 3.8) is 0 Å². The van der Waals surface area contributed by atoms with Gasteiger partial charge in [-0.05, 0) is 81.6 Å². The van der Waals surface area contributed by atoms with Crippen LogP contribution in [0.15, 0.2) is 35.5 Å². The highest BCUT2D eigenvalue weighted by molar-refractivity contribution is 5.79. The zero-order valence-corrected chi connectivity index (χ0v) is 14.3. The average Bonchev–Trinajstić information content (AvgIpc) is 2.84. The quantitative estimate of drug-likeness (QED) is 0.632. The SMILES string of the molecule is C=C1CCCC/C1=C/C=C1\CCC[C@]2(C)C(C(C)=O)CCC12. The lowest BCUT2D eigenvalue weighted by atomic mass is 9.63. The predicted molar refractivity (Wildman–Crippen MR) is 92.6 cm³/mol. The van der Waals surface area contributed by atoms with Gasteiger partial charge in [0.2, 0.25) is 0 Å². The zero-order valence-electron chi connectivity index (χ0n) is 14.3. The number of hydrogen-bond donors (Lipinski definition) is 0. The van der Waals surface area contributed by atoms with E-state index in [-0.39, 0.29) is 5.41 Å². The summed E-state index contributed by atoms with van der Waals surface area (Å²) in [5.74, 6) is 1.33. The van der Waals surface area contributed by atoms with E-state index in [0.29, 0.717) is 17.6 Å². The minimum atomic E-state index is 0.220. The fourth-order valence-corrected chi connectivity index (χ4v) is 5.31. The minimum absolute atomic E-state index is 0.220. The van der Waals surface area contributed by atoms with Crippen LogP contribution in [0, 0.1) is 17.3 Å². The highest BCUT2D eigenvalue weighted by Gasteiger charge is 2.50. The number of ketones is 1.